The van der Waals surface area contributed by atoms with E-state index < -0.39 is 0 Å². The highest BCUT2D eigenvalue weighted by Crippen LogP contribution is 2.30. The number of ether oxygens (including phenoxy) is 1. The predicted octanol–water partition coefficient (Wildman–Crippen LogP) is 5.14. The first kappa shape index (κ1) is 16.2. The molecule has 0 saturated heterocycles. The number of anilines is 1. The Morgan fingerprint density at radius 2 is 1.88 bits per heavy atom. The molecule has 0 saturated carbocycles. The molecule has 0 fully saturated rings. The molecule has 1 amide bonds. The molecule has 0 atom stereocenters. The summed E-state index contributed by atoms with van der Waals surface area (Å²) < 4.78 is 5.27. The number of carbonyl (C=O) groups excluding carboxylic acids is 1. The summed E-state index contributed by atoms with van der Waals surface area (Å²) in [7, 11) is 1.56. The fourth-order valence-corrected chi connectivity index (χ4v) is 3.39. The molecule has 130 valence electrons. The monoisotopic (exact) mass is 344 g/mol. The van der Waals surface area contributed by atoms with Crippen molar-refractivity contribution >= 4 is 33.4 Å². The number of para-hydroxylation sites is 2. The zero-order valence-electron chi connectivity index (χ0n) is 14.8. The number of hydrogen-bond acceptors (Lipinski definition) is 2. The first-order valence-corrected chi connectivity index (χ1v) is 8.69. The number of carbonyl (C=O) groups is 1. The van der Waals surface area contributed by atoms with Crippen LogP contribution < -0.4 is 10.1 Å². The maximum absolute atomic E-state index is 12.6. The lowest BCUT2D eigenvalue weighted by atomic mass is 10.1. The van der Waals surface area contributed by atoms with Crippen molar-refractivity contribution in [2.24, 2.45) is 0 Å². The van der Waals surface area contributed by atoms with E-state index in [0.29, 0.717) is 11.3 Å². The van der Waals surface area contributed by atoms with Gasteiger partial charge in [-0.25, -0.2) is 0 Å². The molecule has 0 bridgehead atoms. The van der Waals surface area contributed by atoms with Gasteiger partial charge in [-0.1, -0.05) is 43.3 Å². The van der Waals surface area contributed by atoms with Crippen LogP contribution in [0.3, 0.4) is 0 Å². The van der Waals surface area contributed by atoms with Crippen LogP contribution in [0.4, 0.5) is 5.69 Å². The number of aromatic nitrogens is 1. The van der Waals surface area contributed by atoms with E-state index in [0.717, 1.165) is 23.0 Å². The Hall–Kier alpha value is -3.27. The van der Waals surface area contributed by atoms with Gasteiger partial charge in [0.25, 0.3) is 5.91 Å². The number of aryl methyl sites for hydroxylation is 1. The quantitative estimate of drug-likeness (QED) is 0.538. The zero-order valence-corrected chi connectivity index (χ0v) is 14.8. The number of H-pyrrole nitrogens is 1. The lowest BCUT2D eigenvalue weighted by Crippen LogP contribution is -2.13. The second-order valence-corrected chi connectivity index (χ2v) is 6.23. The molecule has 0 unspecified atom stereocenters. The SMILES string of the molecule is CCc1cccc2c1[nH]c1cc(NC(=O)c3ccccc3OC)ccc12. The molecule has 0 aliphatic heterocycles. The van der Waals surface area contributed by atoms with Crippen LogP contribution in [0.15, 0.2) is 60.7 Å². The van der Waals surface area contributed by atoms with Crippen LogP contribution in [0, 0.1) is 0 Å². The van der Waals surface area contributed by atoms with Gasteiger partial charge in [0.1, 0.15) is 5.75 Å². The van der Waals surface area contributed by atoms with Crippen molar-refractivity contribution in [1.29, 1.82) is 0 Å². The van der Waals surface area contributed by atoms with Gasteiger partial charge in [0.15, 0.2) is 0 Å². The summed E-state index contributed by atoms with van der Waals surface area (Å²) in [5.41, 5.74) is 4.73. The van der Waals surface area contributed by atoms with Crippen LogP contribution in [0.2, 0.25) is 0 Å². The van der Waals surface area contributed by atoms with Crippen LogP contribution in [0.25, 0.3) is 21.8 Å². The van der Waals surface area contributed by atoms with E-state index >= 15 is 0 Å². The maximum atomic E-state index is 12.6. The van der Waals surface area contributed by atoms with Gasteiger partial charge in [0.2, 0.25) is 0 Å². The lowest BCUT2D eigenvalue weighted by molar-refractivity contribution is 0.102. The molecule has 4 aromatic rings. The van der Waals surface area contributed by atoms with E-state index in [-0.39, 0.29) is 5.91 Å². The number of hydrogen-bond donors (Lipinski definition) is 2. The van der Waals surface area contributed by atoms with Crippen molar-refractivity contribution in [3.05, 3.63) is 71.8 Å². The van der Waals surface area contributed by atoms with Crippen molar-refractivity contribution in [2.75, 3.05) is 12.4 Å². The molecule has 4 rings (SSSR count). The number of amides is 1. The fourth-order valence-electron chi connectivity index (χ4n) is 3.39. The highest BCUT2D eigenvalue weighted by molar-refractivity contribution is 6.11. The van der Waals surface area contributed by atoms with Gasteiger partial charge >= 0.3 is 0 Å². The predicted molar refractivity (Wildman–Crippen MR) is 106 cm³/mol. The number of benzene rings is 3. The average molecular weight is 344 g/mol. The van der Waals surface area contributed by atoms with Crippen molar-refractivity contribution in [1.82, 2.24) is 4.98 Å². The molecule has 1 heterocycles. The van der Waals surface area contributed by atoms with Crippen LogP contribution in [0.1, 0.15) is 22.8 Å². The second kappa shape index (κ2) is 6.56. The summed E-state index contributed by atoms with van der Waals surface area (Å²) in [5.74, 6) is 0.372. The van der Waals surface area contributed by atoms with E-state index in [4.69, 9.17) is 4.74 Å². The van der Waals surface area contributed by atoms with E-state index in [1.165, 1.54) is 16.5 Å². The van der Waals surface area contributed by atoms with Gasteiger partial charge in [0.05, 0.1) is 12.7 Å². The molecule has 0 radical (unpaired) electrons. The molecular formula is C22H20N2O2. The number of fused-ring (bicyclic) bond motifs is 3. The van der Waals surface area contributed by atoms with E-state index in [9.17, 15) is 4.79 Å². The zero-order chi connectivity index (χ0) is 18.1. The summed E-state index contributed by atoms with van der Waals surface area (Å²) in [6, 6.07) is 19.5. The highest BCUT2D eigenvalue weighted by atomic mass is 16.5. The highest BCUT2D eigenvalue weighted by Gasteiger charge is 2.13. The van der Waals surface area contributed by atoms with E-state index in [1.807, 2.05) is 30.3 Å². The third-order valence-corrected chi connectivity index (χ3v) is 4.71. The van der Waals surface area contributed by atoms with Gasteiger partial charge in [-0.15, -0.1) is 0 Å². The van der Waals surface area contributed by atoms with Gasteiger partial charge in [0, 0.05) is 27.5 Å². The summed E-state index contributed by atoms with van der Waals surface area (Å²) in [5, 5.41) is 5.33. The standard InChI is InChI=1S/C22H20N2O2/c1-3-14-7-6-9-17-16-12-11-15(13-19(16)24-21(14)17)23-22(25)18-8-4-5-10-20(18)26-2/h4-13,24H,3H2,1-2H3,(H,23,25). The molecule has 3 aromatic carbocycles. The molecule has 0 spiro atoms. The third kappa shape index (κ3) is 2.69. The van der Waals surface area contributed by atoms with Gasteiger partial charge < -0.3 is 15.0 Å². The van der Waals surface area contributed by atoms with Crippen LogP contribution >= 0.6 is 0 Å². The van der Waals surface area contributed by atoms with E-state index in [2.05, 4.69) is 35.4 Å². The minimum absolute atomic E-state index is 0.188. The normalized spacial score (nSPS) is 11.0. The number of rotatable bonds is 4. The Morgan fingerprint density at radius 3 is 2.69 bits per heavy atom. The topological polar surface area (TPSA) is 54.1 Å². The molecule has 0 aliphatic rings. The number of nitrogens with one attached hydrogen (secondary N) is 2. The summed E-state index contributed by atoms with van der Waals surface area (Å²) in [6.07, 6.45) is 0.974. The summed E-state index contributed by atoms with van der Waals surface area (Å²) in [6.45, 7) is 2.15. The van der Waals surface area contributed by atoms with Gasteiger partial charge in [-0.05, 0) is 36.2 Å². The fraction of sp³-hybridized carbons (Fsp3) is 0.136. The van der Waals surface area contributed by atoms with Crippen LogP contribution in [-0.2, 0) is 6.42 Å². The Bertz CT molecular complexity index is 1110. The summed E-state index contributed by atoms with van der Waals surface area (Å²) >= 11 is 0. The van der Waals surface area contributed by atoms with E-state index in [1.54, 1.807) is 19.2 Å². The average Bonchev–Trinajstić information content (AvgIpc) is 3.05. The Morgan fingerprint density at radius 1 is 1.04 bits per heavy atom. The second-order valence-electron chi connectivity index (χ2n) is 6.23. The summed E-state index contributed by atoms with van der Waals surface area (Å²) in [4.78, 5) is 16.1. The van der Waals surface area contributed by atoms with Crippen LogP contribution in [0.5, 0.6) is 5.75 Å². The first-order chi connectivity index (χ1) is 12.7. The van der Waals surface area contributed by atoms with Crippen molar-refractivity contribution in [2.45, 2.75) is 13.3 Å². The van der Waals surface area contributed by atoms with Crippen LogP contribution in [-0.4, -0.2) is 18.0 Å². The lowest BCUT2D eigenvalue weighted by Gasteiger charge is -2.09. The van der Waals surface area contributed by atoms with Gasteiger partial charge in [-0.3, -0.25) is 4.79 Å². The Labute approximate surface area is 151 Å². The smallest absolute Gasteiger partial charge is 0.259 e. The molecule has 4 nitrogen and oxygen atoms in total. The molecule has 1 aromatic heterocycles. The maximum Gasteiger partial charge on any atom is 0.259 e. The first-order valence-electron chi connectivity index (χ1n) is 8.69. The Balaban J connectivity index is 1.71. The molecule has 4 heteroatoms. The van der Waals surface area contributed by atoms with Crippen molar-refractivity contribution < 1.29 is 9.53 Å². The van der Waals surface area contributed by atoms with Crippen molar-refractivity contribution in [3.63, 3.8) is 0 Å². The number of methoxy groups -OCH3 is 1. The number of aromatic amines is 1. The largest absolute Gasteiger partial charge is 0.496 e. The Kier molecular flexibility index (Phi) is 4.09. The molecule has 26 heavy (non-hydrogen) atoms. The van der Waals surface area contributed by atoms with Gasteiger partial charge in [-0.2, -0.15) is 0 Å². The minimum atomic E-state index is -0.188. The molecular weight excluding hydrogens is 324 g/mol. The third-order valence-electron chi connectivity index (χ3n) is 4.71. The molecule has 2 N–H and O–H groups in total. The molecule has 0 aliphatic carbocycles. The van der Waals surface area contributed by atoms with Crippen molar-refractivity contribution in [3.8, 4) is 5.75 Å². The minimum Gasteiger partial charge on any atom is -0.496 e.